The molecular weight excluding hydrogens is 415 g/mol. The lowest BCUT2D eigenvalue weighted by Gasteiger charge is -2.39. The van der Waals surface area contributed by atoms with Crippen LogP contribution in [-0.2, 0) is 0 Å². The van der Waals surface area contributed by atoms with Crippen molar-refractivity contribution in [2.75, 3.05) is 40.3 Å². The summed E-state index contributed by atoms with van der Waals surface area (Å²) in [5, 5.41) is 3.54. The average Bonchev–Trinajstić information content (AvgIpc) is 3.28. The summed E-state index contributed by atoms with van der Waals surface area (Å²) in [4.78, 5) is 13.5. The summed E-state index contributed by atoms with van der Waals surface area (Å²) in [6, 6.07) is 1.29. The van der Waals surface area contributed by atoms with Gasteiger partial charge in [-0.2, -0.15) is 0 Å². The summed E-state index contributed by atoms with van der Waals surface area (Å²) in [5.41, 5.74) is 0. The minimum absolute atomic E-state index is 0. The molecule has 2 unspecified atom stereocenters. The Morgan fingerprint density at radius 2 is 2.17 bits per heavy atom. The molecule has 3 rings (SSSR count). The van der Waals surface area contributed by atoms with Crippen molar-refractivity contribution < 1.29 is 0 Å². The maximum Gasteiger partial charge on any atom is 0.193 e. The van der Waals surface area contributed by atoms with Gasteiger partial charge in [0.15, 0.2) is 5.96 Å². The first-order chi connectivity index (χ1) is 11.2. The van der Waals surface area contributed by atoms with Crippen LogP contribution in [0.15, 0.2) is 23.7 Å². The normalized spacial score (nSPS) is 24.8. The van der Waals surface area contributed by atoms with Gasteiger partial charge in [-0.3, -0.25) is 4.99 Å². The number of likely N-dealkylation sites (tertiary alicyclic amines) is 1. The van der Waals surface area contributed by atoms with Crippen molar-refractivity contribution in [1.29, 1.82) is 0 Å². The number of hydrogen-bond donors (Lipinski definition) is 1. The van der Waals surface area contributed by atoms with Crippen molar-refractivity contribution >= 4 is 29.9 Å². The Hall–Kier alpha value is -0.830. The molecule has 1 aromatic heterocycles. The number of hydrogen-bond acceptors (Lipinski definition) is 3. The van der Waals surface area contributed by atoms with E-state index in [-0.39, 0.29) is 24.0 Å². The molecule has 0 bridgehead atoms. The van der Waals surface area contributed by atoms with Crippen LogP contribution in [0.25, 0.3) is 0 Å². The van der Waals surface area contributed by atoms with Gasteiger partial charge in [0.2, 0.25) is 0 Å². The van der Waals surface area contributed by atoms with Gasteiger partial charge in [-0.1, -0.05) is 6.92 Å². The fraction of sp³-hybridized carbons (Fsp3) is 0.765. The van der Waals surface area contributed by atoms with Gasteiger partial charge in [-0.05, 0) is 32.2 Å². The third-order valence-electron chi connectivity index (χ3n) is 5.26. The van der Waals surface area contributed by atoms with Gasteiger partial charge >= 0.3 is 0 Å². The Labute approximate surface area is 162 Å². The first-order valence-corrected chi connectivity index (χ1v) is 8.82. The average molecular weight is 446 g/mol. The number of guanidine groups is 1. The highest BCUT2D eigenvalue weighted by Gasteiger charge is 2.29. The number of imidazole rings is 1. The fourth-order valence-electron chi connectivity index (χ4n) is 3.47. The van der Waals surface area contributed by atoms with Crippen molar-refractivity contribution in [1.82, 2.24) is 24.7 Å². The van der Waals surface area contributed by atoms with Gasteiger partial charge in [-0.25, -0.2) is 4.98 Å². The van der Waals surface area contributed by atoms with Crippen LogP contribution in [0.5, 0.6) is 0 Å². The van der Waals surface area contributed by atoms with Crippen LogP contribution in [0.1, 0.15) is 32.2 Å². The Bertz CT molecular complexity index is 513. The number of likely N-dealkylation sites (N-methyl/N-ethyl adjacent to an activating group) is 1. The van der Waals surface area contributed by atoms with Crippen molar-refractivity contribution in [2.45, 2.75) is 38.3 Å². The molecule has 2 fully saturated rings. The number of halogens is 1. The van der Waals surface area contributed by atoms with Crippen molar-refractivity contribution in [2.24, 2.45) is 10.9 Å². The standard InChI is InChI=1S/C17H30N6.HI/c1-14-6-9-22(12-16(14)23-11-7-19-13-23)17(18-2)20-8-10-21(3)15-4-5-15;/h7,11,13-16H,4-6,8-10,12H2,1-3H3,(H,18,20);1H. The molecule has 0 aromatic carbocycles. The second-order valence-electron chi connectivity index (χ2n) is 6.97. The predicted octanol–water partition coefficient (Wildman–Crippen LogP) is 2.05. The molecule has 0 radical (unpaired) electrons. The van der Waals surface area contributed by atoms with E-state index in [4.69, 9.17) is 0 Å². The maximum absolute atomic E-state index is 4.50. The van der Waals surface area contributed by atoms with Gasteiger partial charge in [0, 0.05) is 51.7 Å². The summed E-state index contributed by atoms with van der Waals surface area (Å²) in [7, 11) is 4.11. The largest absolute Gasteiger partial charge is 0.355 e. The van der Waals surface area contributed by atoms with Gasteiger partial charge < -0.3 is 19.7 Å². The van der Waals surface area contributed by atoms with Crippen molar-refractivity contribution in [3.8, 4) is 0 Å². The van der Waals surface area contributed by atoms with E-state index >= 15 is 0 Å². The Kier molecular flexibility index (Phi) is 7.34. The van der Waals surface area contributed by atoms with Gasteiger partial charge in [0.05, 0.1) is 12.4 Å². The molecule has 1 aromatic rings. The van der Waals surface area contributed by atoms with Crippen LogP contribution in [0.4, 0.5) is 0 Å². The second kappa shape index (κ2) is 9.03. The number of nitrogens with zero attached hydrogens (tertiary/aromatic N) is 5. The van der Waals surface area contributed by atoms with Gasteiger partial charge in [0.1, 0.15) is 0 Å². The molecule has 1 saturated heterocycles. The first-order valence-electron chi connectivity index (χ1n) is 8.82. The SMILES string of the molecule is CN=C(NCCN(C)C1CC1)N1CCC(C)C(n2ccnc2)C1.I. The molecule has 1 aliphatic heterocycles. The summed E-state index contributed by atoms with van der Waals surface area (Å²) in [6.45, 7) is 6.45. The molecule has 24 heavy (non-hydrogen) atoms. The fourth-order valence-corrected chi connectivity index (χ4v) is 3.47. The second-order valence-corrected chi connectivity index (χ2v) is 6.97. The van der Waals surface area contributed by atoms with Crippen LogP contribution in [-0.4, -0.2) is 71.6 Å². The summed E-state index contributed by atoms with van der Waals surface area (Å²) >= 11 is 0. The summed E-state index contributed by atoms with van der Waals surface area (Å²) < 4.78 is 2.24. The monoisotopic (exact) mass is 446 g/mol. The van der Waals surface area contributed by atoms with Crippen molar-refractivity contribution in [3.63, 3.8) is 0 Å². The topological polar surface area (TPSA) is 48.7 Å². The third-order valence-corrected chi connectivity index (χ3v) is 5.26. The summed E-state index contributed by atoms with van der Waals surface area (Å²) in [5.74, 6) is 1.70. The Morgan fingerprint density at radius 3 is 2.79 bits per heavy atom. The maximum atomic E-state index is 4.50. The molecule has 0 spiro atoms. The van der Waals surface area contributed by atoms with E-state index in [0.29, 0.717) is 12.0 Å². The van der Waals surface area contributed by atoms with E-state index in [9.17, 15) is 0 Å². The lowest BCUT2D eigenvalue weighted by Crippen LogP contribution is -2.50. The van der Waals surface area contributed by atoms with E-state index < -0.39 is 0 Å². The van der Waals surface area contributed by atoms with E-state index in [2.05, 4.69) is 49.8 Å². The van der Waals surface area contributed by atoms with Crippen LogP contribution in [0.3, 0.4) is 0 Å². The zero-order valence-electron chi connectivity index (χ0n) is 15.1. The highest BCUT2D eigenvalue weighted by atomic mass is 127. The minimum atomic E-state index is 0. The van der Waals surface area contributed by atoms with E-state index in [0.717, 1.165) is 38.2 Å². The minimum Gasteiger partial charge on any atom is -0.355 e. The Balaban J connectivity index is 0.00000208. The number of aliphatic imine (C=N–C) groups is 1. The van der Waals surface area contributed by atoms with E-state index in [1.54, 1.807) is 0 Å². The smallest absolute Gasteiger partial charge is 0.193 e. The molecule has 2 atom stereocenters. The van der Waals surface area contributed by atoms with Crippen LogP contribution in [0, 0.1) is 5.92 Å². The van der Waals surface area contributed by atoms with Crippen LogP contribution in [0.2, 0.25) is 0 Å². The van der Waals surface area contributed by atoms with Crippen LogP contribution >= 0.6 is 24.0 Å². The van der Waals surface area contributed by atoms with E-state index in [1.807, 2.05) is 19.6 Å². The molecule has 2 heterocycles. The lowest BCUT2D eigenvalue weighted by atomic mass is 9.93. The van der Waals surface area contributed by atoms with E-state index in [1.165, 1.54) is 19.3 Å². The van der Waals surface area contributed by atoms with Crippen molar-refractivity contribution in [3.05, 3.63) is 18.7 Å². The van der Waals surface area contributed by atoms with Crippen LogP contribution < -0.4 is 5.32 Å². The molecule has 136 valence electrons. The molecule has 0 amide bonds. The predicted molar refractivity (Wildman–Crippen MR) is 109 cm³/mol. The molecule has 7 heteroatoms. The quantitative estimate of drug-likeness (QED) is 0.428. The number of aromatic nitrogens is 2. The third kappa shape index (κ3) is 4.84. The van der Waals surface area contributed by atoms with Gasteiger partial charge in [-0.15, -0.1) is 24.0 Å². The zero-order valence-corrected chi connectivity index (χ0v) is 17.4. The highest BCUT2D eigenvalue weighted by Crippen LogP contribution is 2.27. The molecule has 1 N–H and O–H groups in total. The summed E-state index contributed by atoms with van der Waals surface area (Å²) in [6.07, 6.45) is 9.79. The first kappa shape index (κ1) is 19.5. The lowest BCUT2D eigenvalue weighted by molar-refractivity contribution is 0.188. The molecule has 6 nitrogen and oxygen atoms in total. The number of nitrogens with one attached hydrogen (secondary N) is 1. The highest BCUT2D eigenvalue weighted by molar-refractivity contribution is 14.0. The molecule has 1 aliphatic carbocycles. The molecule has 2 aliphatic rings. The van der Waals surface area contributed by atoms with Gasteiger partial charge in [0.25, 0.3) is 0 Å². The number of rotatable bonds is 5. The zero-order chi connectivity index (χ0) is 16.2. The molecule has 1 saturated carbocycles. The Morgan fingerprint density at radius 1 is 1.38 bits per heavy atom. The molecular formula is C17H31IN6. The number of piperidine rings is 1.